The van der Waals surface area contributed by atoms with Gasteiger partial charge in [0.25, 0.3) is 0 Å². The summed E-state index contributed by atoms with van der Waals surface area (Å²) >= 11 is 0. The summed E-state index contributed by atoms with van der Waals surface area (Å²) in [7, 11) is 0. The molecule has 2 amide bonds. The van der Waals surface area contributed by atoms with Gasteiger partial charge in [-0.25, -0.2) is 9.59 Å². The fourth-order valence-electron chi connectivity index (χ4n) is 4.61. The minimum absolute atomic E-state index is 0.0626. The maximum Gasteiger partial charge on any atom is 0.407 e. The van der Waals surface area contributed by atoms with Gasteiger partial charge < -0.3 is 25.2 Å². The molecule has 0 saturated carbocycles. The number of hydrogen-bond acceptors (Lipinski definition) is 5. The molecule has 174 valence electrons. The van der Waals surface area contributed by atoms with Crippen LogP contribution in [0.5, 0.6) is 0 Å². The molecule has 0 aromatic heterocycles. The molecule has 3 atom stereocenters. The number of rotatable bonds is 8. The number of benzene rings is 2. The summed E-state index contributed by atoms with van der Waals surface area (Å²) in [5.74, 6) is -1.76. The Kier molecular flexibility index (Phi) is 6.93. The Hall–Kier alpha value is -3.39. The lowest BCUT2D eigenvalue weighted by molar-refractivity contribution is -0.149. The number of carboxylic acid groups (broad SMARTS) is 1. The SMILES string of the molecule is CC[C@H](NC(=O)OCC1c2ccccc2-c2ccccc21)C(=O)NC[C@H]1CCO[C@H]1C(=O)O. The van der Waals surface area contributed by atoms with E-state index in [1.54, 1.807) is 6.92 Å². The third-order valence-electron chi connectivity index (χ3n) is 6.36. The molecule has 2 aliphatic rings. The molecular formula is C25H28N2O6. The van der Waals surface area contributed by atoms with E-state index in [1.807, 2.05) is 36.4 Å². The number of fused-ring (bicyclic) bond motifs is 3. The van der Waals surface area contributed by atoms with Gasteiger partial charge in [-0.2, -0.15) is 0 Å². The van der Waals surface area contributed by atoms with Crippen LogP contribution < -0.4 is 10.6 Å². The molecule has 1 heterocycles. The number of carbonyl (C=O) groups excluding carboxylic acids is 2. The second kappa shape index (κ2) is 10.0. The van der Waals surface area contributed by atoms with E-state index in [2.05, 4.69) is 22.8 Å². The summed E-state index contributed by atoms with van der Waals surface area (Å²) in [6.45, 7) is 2.48. The highest BCUT2D eigenvalue weighted by Crippen LogP contribution is 2.44. The summed E-state index contributed by atoms with van der Waals surface area (Å²) in [4.78, 5) is 36.3. The first-order valence-corrected chi connectivity index (χ1v) is 11.2. The predicted molar refractivity (Wildman–Crippen MR) is 121 cm³/mol. The summed E-state index contributed by atoms with van der Waals surface area (Å²) in [6.07, 6.45) is -0.639. The average molecular weight is 453 g/mol. The van der Waals surface area contributed by atoms with Crippen LogP contribution in [0.3, 0.4) is 0 Å². The fraction of sp³-hybridized carbons (Fsp3) is 0.400. The number of ether oxygens (including phenoxy) is 2. The van der Waals surface area contributed by atoms with E-state index in [9.17, 15) is 19.5 Å². The van der Waals surface area contributed by atoms with Gasteiger partial charge in [-0.05, 0) is 35.1 Å². The van der Waals surface area contributed by atoms with Crippen molar-refractivity contribution in [2.24, 2.45) is 5.92 Å². The van der Waals surface area contributed by atoms with Crippen LogP contribution in [-0.2, 0) is 19.1 Å². The molecule has 33 heavy (non-hydrogen) atoms. The largest absolute Gasteiger partial charge is 0.479 e. The van der Waals surface area contributed by atoms with Gasteiger partial charge in [0.2, 0.25) is 5.91 Å². The topological polar surface area (TPSA) is 114 Å². The Morgan fingerprint density at radius 2 is 1.73 bits per heavy atom. The Bertz CT molecular complexity index is 994. The van der Waals surface area contributed by atoms with E-state index in [0.29, 0.717) is 19.4 Å². The quantitative estimate of drug-likeness (QED) is 0.568. The number of carboxylic acids is 1. The maximum absolute atomic E-state index is 12.6. The minimum atomic E-state index is -1.03. The van der Waals surface area contributed by atoms with Crippen LogP contribution in [0.1, 0.15) is 36.8 Å². The second-order valence-corrected chi connectivity index (χ2v) is 8.35. The Morgan fingerprint density at radius 3 is 2.33 bits per heavy atom. The van der Waals surface area contributed by atoms with Crippen LogP contribution >= 0.6 is 0 Å². The molecule has 1 aliphatic carbocycles. The van der Waals surface area contributed by atoms with Crippen LogP contribution in [0.15, 0.2) is 48.5 Å². The van der Waals surface area contributed by atoms with Crippen molar-refractivity contribution in [3.63, 3.8) is 0 Å². The average Bonchev–Trinajstić information content (AvgIpc) is 3.42. The number of hydrogen-bond donors (Lipinski definition) is 3. The van der Waals surface area contributed by atoms with Crippen molar-refractivity contribution in [3.8, 4) is 11.1 Å². The van der Waals surface area contributed by atoms with E-state index >= 15 is 0 Å². The molecule has 2 aromatic rings. The van der Waals surface area contributed by atoms with E-state index in [1.165, 1.54) is 0 Å². The zero-order valence-corrected chi connectivity index (χ0v) is 18.5. The van der Waals surface area contributed by atoms with Crippen LogP contribution in [-0.4, -0.2) is 55.0 Å². The van der Waals surface area contributed by atoms with E-state index in [0.717, 1.165) is 22.3 Å². The van der Waals surface area contributed by atoms with Crippen molar-refractivity contribution in [3.05, 3.63) is 59.7 Å². The van der Waals surface area contributed by atoms with Crippen LogP contribution in [0.4, 0.5) is 4.79 Å². The molecule has 0 radical (unpaired) electrons. The van der Waals surface area contributed by atoms with Gasteiger partial charge in [-0.15, -0.1) is 0 Å². The molecule has 1 fully saturated rings. The Balaban J connectivity index is 1.32. The molecular weight excluding hydrogens is 424 g/mol. The summed E-state index contributed by atoms with van der Waals surface area (Å²) in [6, 6.07) is 15.4. The van der Waals surface area contributed by atoms with Gasteiger partial charge in [0, 0.05) is 25.0 Å². The standard InChI is InChI=1S/C25H28N2O6/c1-2-21(23(28)26-13-15-11-12-32-22(15)24(29)30)27-25(31)33-14-20-18-9-5-3-7-16(18)17-8-4-6-10-19(17)20/h3-10,15,20-22H,2,11-14H2,1H3,(H,26,28)(H,27,31)(H,29,30)/t15-,21+,22-/m1/s1. The summed E-state index contributed by atoms with van der Waals surface area (Å²) in [5, 5.41) is 14.5. The monoisotopic (exact) mass is 452 g/mol. The van der Waals surface area contributed by atoms with Crippen molar-refractivity contribution in [2.45, 2.75) is 37.8 Å². The van der Waals surface area contributed by atoms with Gasteiger partial charge in [-0.3, -0.25) is 4.79 Å². The molecule has 8 heteroatoms. The fourth-order valence-corrected chi connectivity index (χ4v) is 4.61. The molecule has 8 nitrogen and oxygen atoms in total. The number of nitrogens with one attached hydrogen (secondary N) is 2. The van der Waals surface area contributed by atoms with Crippen molar-refractivity contribution in [1.82, 2.24) is 10.6 Å². The molecule has 1 saturated heterocycles. The number of amides is 2. The first kappa shape index (κ1) is 22.8. The van der Waals surface area contributed by atoms with Crippen molar-refractivity contribution in [2.75, 3.05) is 19.8 Å². The molecule has 0 spiro atoms. The number of carbonyl (C=O) groups is 3. The second-order valence-electron chi connectivity index (χ2n) is 8.35. The van der Waals surface area contributed by atoms with Gasteiger partial charge in [0.15, 0.2) is 6.10 Å². The van der Waals surface area contributed by atoms with Crippen LogP contribution in [0.2, 0.25) is 0 Å². The van der Waals surface area contributed by atoms with E-state index in [-0.39, 0.29) is 30.9 Å². The molecule has 1 aliphatic heterocycles. The minimum Gasteiger partial charge on any atom is -0.479 e. The first-order valence-electron chi connectivity index (χ1n) is 11.2. The molecule has 0 bridgehead atoms. The Labute approximate surface area is 192 Å². The predicted octanol–water partition coefficient (Wildman–Crippen LogP) is 2.91. The molecule has 2 aromatic carbocycles. The molecule has 3 N–H and O–H groups in total. The zero-order valence-electron chi connectivity index (χ0n) is 18.5. The number of alkyl carbamates (subject to hydrolysis) is 1. The third kappa shape index (κ3) is 4.85. The van der Waals surface area contributed by atoms with Crippen molar-refractivity contribution in [1.29, 1.82) is 0 Å². The highest BCUT2D eigenvalue weighted by atomic mass is 16.5. The van der Waals surface area contributed by atoms with Gasteiger partial charge >= 0.3 is 12.1 Å². The van der Waals surface area contributed by atoms with Gasteiger partial charge in [0.05, 0.1) is 0 Å². The lowest BCUT2D eigenvalue weighted by Crippen LogP contribution is -2.48. The third-order valence-corrected chi connectivity index (χ3v) is 6.36. The number of aliphatic carboxylic acids is 1. The van der Waals surface area contributed by atoms with Crippen LogP contribution in [0, 0.1) is 5.92 Å². The first-order chi connectivity index (χ1) is 16.0. The van der Waals surface area contributed by atoms with Gasteiger partial charge in [-0.1, -0.05) is 55.5 Å². The van der Waals surface area contributed by atoms with Gasteiger partial charge in [0.1, 0.15) is 12.6 Å². The van der Waals surface area contributed by atoms with Crippen molar-refractivity contribution < 1.29 is 29.0 Å². The lowest BCUT2D eigenvalue weighted by atomic mass is 9.98. The highest BCUT2D eigenvalue weighted by molar-refractivity contribution is 5.85. The zero-order chi connectivity index (χ0) is 23.4. The smallest absolute Gasteiger partial charge is 0.407 e. The molecule has 4 rings (SSSR count). The van der Waals surface area contributed by atoms with E-state index < -0.39 is 24.2 Å². The van der Waals surface area contributed by atoms with Crippen molar-refractivity contribution >= 4 is 18.0 Å². The summed E-state index contributed by atoms with van der Waals surface area (Å²) < 4.78 is 10.7. The summed E-state index contributed by atoms with van der Waals surface area (Å²) in [5.41, 5.74) is 4.51. The highest BCUT2D eigenvalue weighted by Gasteiger charge is 2.35. The maximum atomic E-state index is 12.6. The molecule has 0 unspecified atom stereocenters. The van der Waals surface area contributed by atoms with Crippen LogP contribution in [0.25, 0.3) is 11.1 Å². The Morgan fingerprint density at radius 1 is 1.09 bits per heavy atom. The normalized spacial score (nSPS) is 19.9. The van der Waals surface area contributed by atoms with E-state index in [4.69, 9.17) is 9.47 Å². The lowest BCUT2D eigenvalue weighted by Gasteiger charge is -2.20.